The molecule has 2 N–H and O–H groups in total. The van der Waals surface area contributed by atoms with Crippen LogP contribution in [0.5, 0.6) is 0 Å². The summed E-state index contributed by atoms with van der Waals surface area (Å²) >= 11 is 16.4. The fourth-order valence-corrected chi connectivity index (χ4v) is 13.6. The van der Waals surface area contributed by atoms with E-state index >= 15 is 0 Å². The van der Waals surface area contributed by atoms with Crippen molar-refractivity contribution in [3.8, 4) is 44.5 Å². The van der Waals surface area contributed by atoms with Crippen molar-refractivity contribution in [2.24, 2.45) is 0 Å². The van der Waals surface area contributed by atoms with Crippen molar-refractivity contribution in [3.63, 3.8) is 0 Å². The van der Waals surface area contributed by atoms with Crippen molar-refractivity contribution in [2.75, 3.05) is 113 Å². The van der Waals surface area contributed by atoms with Gasteiger partial charge in [-0.25, -0.2) is 9.97 Å². The lowest BCUT2D eigenvalue weighted by atomic mass is 9.97. The zero-order chi connectivity index (χ0) is 60.6. The van der Waals surface area contributed by atoms with Crippen molar-refractivity contribution >= 4 is 110 Å². The molecule has 7 aromatic rings. The molecule has 0 saturated heterocycles. The van der Waals surface area contributed by atoms with E-state index in [2.05, 4.69) is 323 Å². The Morgan fingerprint density at radius 1 is 0.274 bits per heavy atom. The number of aromatic nitrogens is 4. The topological polar surface area (TPSA) is 83.3 Å². The molecular formula is C68H82Br4N12. The van der Waals surface area contributed by atoms with Crippen molar-refractivity contribution in [2.45, 2.75) is 52.4 Å². The molecule has 8 bridgehead atoms. The number of nitrogens with one attached hydrogen (secondary N) is 2. The molecule has 442 valence electrons. The largest absolute Gasteiger partial charge is 0.354 e. The lowest BCUT2D eigenvalue weighted by molar-refractivity contribution is 0.394. The smallest absolute Gasteiger partial charge is 0.0737 e. The second kappa shape index (κ2) is 27.0. The van der Waals surface area contributed by atoms with E-state index in [0.717, 1.165) is 160 Å². The summed E-state index contributed by atoms with van der Waals surface area (Å²) in [5.74, 6) is 0. The van der Waals surface area contributed by atoms with Gasteiger partial charge in [-0.15, -0.1) is 0 Å². The Kier molecular flexibility index (Phi) is 20.4. The molecule has 84 heavy (non-hydrogen) atoms. The maximum Gasteiger partial charge on any atom is 0.0737 e. The minimum atomic E-state index is 0.753. The predicted molar refractivity (Wildman–Crippen MR) is 371 cm³/mol. The Labute approximate surface area is 532 Å². The summed E-state index contributed by atoms with van der Waals surface area (Å²) in [7, 11) is 34.1. The number of hydrogen-bond donors (Lipinski definition) is 2. The molecule has 9 rings (SSSR count). The second-order valence-corrected chi connectivity index (χ2v) is 28.0. The van der Waals surface area contributed by atoms with E-state index in [1.807, 2.05) is 0 Å². The molecule has 0 spiro atoms. The highest BCUT2D eigenvalue weighted by Crippen LogP contribution is 2.43. The number of hydrogen-bond acceptors (Lipinski definition) is 10. The van der Waals surface area contributed by atoms with Crippen LogP contribution in [0.4, 0.5) is 0 Å². The summed E-state index contributed by atoms with van der Waals surface area (Å²) in [6.45, 7) is 6.03. The summed E-state index contributed by atoms with van der Waals surface area (Å²) in [6, 6.07) is 27.8. The van der Waals surface area contributed by atoms with E-state index < -0.39 is 0 Å². The molecule has 3 aromatic heterocycles. The van der Waals surface area contributed by atoms with Crippen molar-refractivity contribution in [1.29, 1.82) is 0 Å². The Balaban J connectivity index is 1.52. The maximum atomic E-state index is 5.84. The van der Waals surface area contributed by atoms with Crippen LogP contribution in [0.3, 0.4) is 0 Å². The molecule has 0 fully saturated rings. The molecule has 0 saturated carbocycles. The zero-order valence-electron chi connectivity index (χ0n) is 51.9. The van der Waals surface area contributed by atoms with E-state index in [-0.39, 0.29) is 0 Å². The first-order valence-electron chi connectivity index (χ1n) is 28.4. The van der Waals surface area contributed by atoms with Crippen LogP contribution in [0.15, 0.2) is 90.7 Å². The first-order chi connectivity index (χ1) is 39.8. The van der Waals surface area contributed by atoms with Crippen molar-refractivity contribution in [3.05, 3.63) is 158 Å². The zero-order valence-corrected chi connectivity index (χ0v) is 58.2. The van der Waals surface area contributed by atoms with Gasteiger partial charge in [-0.05, 0) is 277 Å². The van der Waals surface area contributed by atoms with Gasteiger partial charge in [-0.1, -0.05) is 63.7 Å². The third-order valence-electron chi connectivity index (χ3n) is 14.7. The van der Waals surface area contributed by atoms with E-state index in [9.17, 15) is 0 Å². The molecule has 0 unspecified atom stereocenters. The predicted octanol–water partition coefficient (Wildman–Crippen LogP) is 14.9. The molecule has 16 heteroatoms. The number of halogens is 4. The average molecular weight is 1390 g/mol. The Hall–Kier alpha value is -4.92. The molecule has 12 nitrogen and oxygen atoms in total. The van der Waals surface area contributed by atoms with Gasteiger partial charge in [0.05, 0.1) is 22.8 Å². The van der Waals surface area contributed by atoms with Gasteiger partial charge < -0.3 is 49.2 Å². The van der Waals surface area contributed by atoms with E-state index in [0.29, 0.717) is 0 Å². The first kappa shape index (κ1) is 63.6. The highest BCUT2D eigenvalue weighted by molar-refractivity contribution is 9.11. The summed E-state index contributed by atoms with van der Waals surface area (Å²) in [5.41, 5.74) is 25.3. The van der Waals surface area contributed by atoms with Crippen LogP contribution in [-0.4, -0.2) is 172 Å². The lowest BCUT2D eigenvalue weighted by Gasteiger charge is -2.19. The molecular weight excluding hydrogens is 1300 g/mol. The standard InChI is InChI=1S/C68H82Br4N12/c1-77(2)33-45-25-41(26-46(65(45)69)34-78(3)4)61-53-17-19-55(73-53)62(42-27-47(35-79(5)6)66(70)48(28-42)36-80(7)8)57-21-23-59(75-57)64(44-31-51(39-83(13)14)68(72)52(32-44)40-84(15)16)60-24-22-58(76-60)63(56-20-18-54(61)74-56)43-29-49(37-81(9)10)67(71)50(30-43)38-82(11)12/h17-32,73,76H,33-40H2,1-16H3. The SMILES string of the molecule is CN(C)Cc1cc(-c2c3nc(c(-c4cc(CN(C)C)c(Br)c(CN(C)C)c4)c4ccc([nH]4)c(-c4cc(CN(C)C)c(Br)c(CN(C)C)c4)c4nc(c(-c5cc(CN(C)C)c(Br)c(CN(C)C)c5)c5ccc2[nH]5)C=C4)C=C3)cc(CN(C)C)c1Br. The number of aromatic amines is 2. The lowest BCUT2D eigenvalue weighted by Crippen LogP contribution is -2.14. The summed E-state index contributed by atoms with van der Waals surface area (Å²) in [6.07, 6.45) is 8.87. The number of nitrogens with zero attached hydrogens (tertiary/aromatic N) is 10. The van der Waals surface area contributed by atoms with Crippen LogP contribution < -0.4 is 0 Å². The minimum absolute atomic E-state index is 0.753. The Morgan fingerprint density at radius 2 is 0.429 bits per heavy atom. The summed E-state index contributed by atoms with van der Waals surface area (Å²) in [4.78, 5) is 37.7. The van der Waals surface area contributed by atoms with Gasteiger partial charge in [0.2, 0.25) is 0 Å². The maximum absolute atomic E-state index is 5.84. The van der Waals surface area contributed by atoms with Crippen LogP contribution in [0, 0.1) is 0 Å². The summed E-state index contributed by atoms with van der Waals surface area (Å²) < 4.78 is 4.48. The van der Waals surface area contributed by atoms with E-state index in [1.165, 1.54) is 44.5 Å². The number of benzene rings is 4. The van der Waals surface area contributed by atoms with Gasteiger partial charge in [0.25, 0.3) is 0 Å². The van der Waals surface area contributed by atoms with Gasteiger partial charge in [0.15, 0.2) is 0 Å². The molecule has 2 aliphatic heterocycles. The number of H-pyrrole nitrogens is 2. The van der Waals surface area contributed by atoms with Crippen LogP contribution >= 0.6 is 63.7 Å². The normalized spacial score (nSPS) is 12.7. The first-order valence-corrected chi connectivity index (χ1v) is 31.6. The second-order valence-electron chi connectivity index (χ2n) is 24.8. The number of rotatable bonds is 20. The van der Waals surface area contributed by atoms with E-state index in [1.54, 1.807) is 0 Å². The van der Waals surface area contributed by atoms with Crippen LogP contribution in [0.2, 0.25) is 0 Å². The quantitative estimate of drug-likeness (QED) is 0.0770. The molecule has 0 atom stereocenters. The van der Waals surface area contributed by atoms with Crippen molar-refractivity contribution < 1.29 is 0 Å². The summed E-state index contributed by atoms with van der Waals surface area (Å²) in [5, 5.41) is 0. The fraction of sp³-hybridized carbons (Fsp3) is 0.353. The molecule has 4 aromatic carbocycles. The van der Waals surface area contributed by atoms with Crippen LogP contribution in [-0.2, 0) is 52.4 Å². The molecule has 0 radical (unpaired) electrons. The molecule has 5 heterocycles. The van der Waals surface area contributed by atoms with E-state index in [4.69, 9.17) is 9.97 Å². The van der Waals surface area contributed by atoms with Crippen LogP contribution in [0.25, 0.3) is 90.9 Å². The monoisotopic (exact) mass is 1380 g/mol. The molecule has 2 aliphatic rings. The van der Waals surface area contributed by atoms with Gasteiger partial charge in [0, 0.05) is 115 Å². The van der Waals surface area contributed by atoms with Gasteiger partial charge in [-0.3, -0.25) is 0 Å². The Bertz CT molecular complexity index is 3230. The molecule has 0 aliphatic carbocycles. The van der Waals surface area contributed by atoms with Gasteiger partial charge in [0.1, 0.15) is 0 Å². The average Bonchev–Trinajstić information content (AvgIpc) is 2.34. The third kappa shape index (κ3) is 14.6. The highest BCUT2D eigenvalue weighted by atomic mass is 79.9. The van der Waals surface area contributed by atoms with Gasteiger partial charge in [-0.2, -0.15) is 0 Å². The number of fused-ring (bicyclic) bond motifs is 8. The minimum Gasteiger partial charge on any atom is -0.354 e. The highest BCUT2D eigenvalue weighted by Gasteiger charge is 2.24. The molecule has 0 amide bonds. The Morgan fingerprint density at radius 3 is 0.571 bits per heavy atom. The third-order valence-corrected chi connectivity index (χ3v) is 18.8. The van der Waals surface area contributed by atoms with Gasteiger partial charge >= 0.3 is 0 Å². The van der Waals surface area contributed by atoms with Crippen molar-refractivity contribution in [1.82, 2.24) is 59.1 Å². The fourth-order valence-electron chi connectivity index (χ4n) is 11.6. The van der Waals surface area contributed by atoms with Crippen LogP contribution in [0.1, 0.15) is 67.3 Å².